The second kappa shape index (κ2) is 8.22. The van der Waals surface area contributed by atoms with Crippen molar-refractivity contribution in [3.05, 3.63) is 47.8 Å². The van der Waals surface area contributed by atoms with E-state index in [9.17, 15) is 9.59 Å². The quantitative estimate of drug-likeness (QED) is 0.825. The van der Waals surface area contributed by atoms with Crippen LogP contribution in [0.4, 0.5) is 0 Å². The van der Waals surface area contributed by atoms with E-state index in [1.807, 2.05) is 25.4 Å². The Balaban J connectivity index is 1.88. The fourth-order valence-electron chi connectivity index (χ4n) is 3.32. The molecule has 1 unspecified atom stereocenters. The third kappa shape index (κ3) is 4.11. The van der Waals surface area contributed by atoms with Gasteiger partial charge in [-0.1, -0.05) is 0 Å². The van der Waals surface area contributed by atoms with Crippen molar-refractivity contribution in [3.63, 3.8) is 0 Å². The molecule has 1 N–H and O–H groups in total. The molecule has 1 aromatic heterocycles. The molecule has 0 spiro atoms. The number of nitrogens with zero attached hydrogens (tertiary/aromatic N) is 4. The van der Waals surface area contributed by atoms with E-state index >= 15 is 0 Å². The van der Waals surface area contributed by atoms with Crippen LogP contribution >= 0.6 is 0 Å². The van der Waals surface area contributed by atoms with E-state index in [0.717, 1.165) is 12.1 Å². The summed E-state index contributed by atoms with van der Waals surface area (Å²) in [7, 11) is 5.15. The van der Waals surface area contributed by atoms with Gasteiger partial charge in [-0.05, 0) is 31.3 Å². The molecule has 0 bridgehead atoms. The summed E-state index contributed by atoms with van der Waals surface area (Å²) >= 11 is 0. The fraction of sp³-hybridized carbons (Fsp3) is 0.421. The molecule has 8 nitrogen and oxygen atoms in total. The van der Waals surface area contributed by atoms with Crippen molar-refractivity contribution in [2.24, 2.45) is 0 Å². The van der Waals surface area contributed by atoms with Crippen LogP contribution in [0.3, 0.4) is 0 Å². The van der Waals surface area contributed by atoms with Gasteiger partial charge >= 0.3 is 0 Å². The number of nitrogens with one attached hydrogen (secondary N) is 1. The smallest absolute Gasteiger partial charge is 0.254 e. The summed E-state index contributed by atoms with van der Waals surface area (Å²) in [6.07, 6.45) is 3.57. The van der Waals surface area contributed by atoms with Crippen LogP contribution in [-0.2, 0) is 11.3 Å². The van der Waals surface area contributed by atoms with Crippen LogP contribution in [0.2, 0.25) is 0 Å². The van der Waals surface area contributed by atoms with Gasteiger partial charge in [0.2, 0.25) is 5.91 Å². The number of ether oxygens (including phenoxy) is 1. The molecule has 2 aromatic rings. The normalized spacial score (nSPS) is 17.6. The van der Waals surface area contributed by atoms with E-state index in [0.29, 0.717) is 30.9 Å². The van der Waals surface area contributed by atoms with Crippen LogP contribution < -0.4 is 10.1 Å². The van der Waals surface area contributed by atoms with Gasteiger partial charge in [-0.2, -0.15) is 5.10 Å². The van der Waals surface area contributed by atoms with E-state index in [1.165, 1.54) is 0 Å². The molecule has 1 atom stereocenters. The number of carbonyl (C=O) groups excluding carboxylic acids is 2. The summed E-state index contributed by atoms with van der Waals surface area (Å²) in [6.45, 7) is 2.25. The number of benzene rings is 1. The molecule has 8 heteroatoms. The summed E-state index contributed by atoms with van der Waals surface area (Å²) in [5, 5.41) is 6.87. The summed E-state index contributed by atoms with van der Waals surface area (Å²) in [4.78, 5) is 29.1. The van der Waals surface area contributed by atoms with E-state index in [2.05, 4.69) is 15.3 Å². The number of amides is 2. The zero-order valence-corrected chi connectivity index (χ0v) is 15.9. The highest BCUT2D eigenvalue weighted by molar-refractivity contribution is 5.98. The van der Waals surface area contributed by atoms with Crippen molar-refractivity contribution in [1.82, 2.24) is 24.9 Å². The predicted octanol–water partition coefficient (Wildman–Crippen LogP) is 0.442. The van der Waals surface area contributed by atoms with E-state index in [4.69, 9.17) is 4.74 Å². The molecule has 1 aromatic carbocycles. The zero-order valence-electron chi connectivity index (χ0n) is 15.9. The Kier molecular flexibility index (Phi) is 5.75. The standard InChI is InChI=1S/C19H25N5O3/c1-20-18(25)16-13-22(2)9-10-24(16)19(26)14-5-6-17(27-3)15(11-14)12-23-8-4-7-21-23/h4-8,11,16H,9-10,12-13H2,1-3H3,(H,20,25). The first-order chi connectivity index (χ1) is 13.0. The Labute approximate surface area is 158 Å². The van der Waals surface area contributed by atoms with Gasteiger partial charge in [0.25, 0.3) is 5.91 Å². The average Bonchev–Trinajstić information content (AvgIpc) is 3.19. The molecule has 1 aliphatic rings. The number of methoxy groups -OCH3 is 1. The molecular weight excluding hydrogens is 346 g/mol. The van der Waals surface area contributed by atoms with Crippen LogP contribution in [0.5, 0.6) is 5.75 Å². The Morgan fingerprint density at radius 2 is 2.15 bits per heavy atom. The van der Waals surface area contributed by atoms with Gasteiger partial charge < -0.3 is 19.9 Å². The third-order valence-corrected chi connectivity index (χ3v) is 4.81. The van der Waals surface area contributed by atoms with E-state index in [-0.39, 0.29) is 11.8 Å². The fourth-order valence-corrected chi connectivity index (χ4v) is 3.32. The van der Waals surface area contributed by atoms with E-state index in [1.54, 1.807) is 42.1 Å². The minimum Gasteiger partial charge on any atom is -0.496 e. The summed E-state index contributed by atoms with van der Waals surface area (Å²) in [5.41, 5.74) is 1.40. The second-order valence-corrected chi connectivity index (χ2v) is 6.62. The maximum atomic E-state index is 13.2. The third-order valence-electron chi connectivity index (χ3n) is 4.81. The molecule has 1 fully saturated rings. The van der Waals surface area contributed by atoms with Crippen LogP contribution in [-0.4, -0.2) is 78.3 Å². The number of likely N-dealkylation sites (N-methyl/N-ethyl adjacent to an activating group) is 2. The number of carbonyl (C=O) groups is 2. The minimum atomic E-state index is -0.502. The zero-order chi connectivity index (χ0) is 19.4. The van der Waals surface area contributed by atoms with Crippen LogP contribution in [0.25, 0.3) is 0 Å². The van der Waals surface area contributed by atoms with Gasteiger partial charge in [0.05, 0.1) is 13.7 Å². The number of rotatable bonds is 5. The Hall–Kier alpha value is -2.87. The molecule has 0 aliphatic carbocycles. The van der Waals surface area contributed by atoms with Gasteiger partial charge in [0.1, 0.15) is 11.8 Å². The van der Waals surface area contributed by atoms with Gasteiger partial charge in [-0.3, -0.25) is 14.3 Å². The van der Waals surface area contributed by atoms with Gasteiger partial charge in [0.15, 0.2) is 0 Å². The Morgan fingerprint density at radius 3 is 2.81 bits per heavy atom. The highest BCUT2D eigenvalue weighted by Gasteiger charge is 2.34. The molecule has 3 rings (SSSR count). The van der Waals surface area contributed by atoms with Crippen LogP contribution in [0.1, 0.15) is 15.9 Å². The van der Waals surface area contributed by atoms with Crippen molar-refractivity contribution in [1.29, 1.82) is 0 Å². The average molecular weight is 371 g/mol. The second-order valence-electron chi connectivity index (χ2n) is 6.62. The number of hydrogen-bond acceptors (Lipinski definition) is 5. The maximum absolute atomic E-state index is 13.2. The van der Waals surface area contributed by atoms with Crippen molar-refractivity contribution in [2.45, 2.75) is 12.6 Å². The monoisotopic (exact) mass is 371 g/mol. The number of aromatic nitrogens is 2. The molecule has 2 amide bonds. The van der Waals surface area contributed by atoms with Crippen LogP contribution in [0.15, 0.2) is 36.7 Å². The predicted molar refractivity (Wildman–Crippen MR) is 101 cm³/mol. The Bertz CT molecular complexity index is 806. The van der Waals surface area contributed by atoms with Crippen molar-refractivity contribution < 1.29 is 14.3 Å². The lowest BCUT2D eigenvalue weighted by molar-refractivity contribution is -0.126. The summed E-state index contributed by atoms with van der Waals surface area (Å²) in [5.74, 6) is 0.393. The van der Waals surface area contributed by atoms with Crippen molar-refractivity contribution in [2.75, 3.05) is 40.8 Å². The highest BCUT2D eigenvalue weighted by atomic mass is 16.5. The largest absolute Gasteiger partial charge is 0.496 e. The SMILES string of the molecule is CNC(=O)C1CN(C)CCN1C(=O)c1ccc(OC)c(Cn2cccn2)c1. The summed E-state index contributed by atoms with van der Waals surface area (Å²) < 4.78 is 7.20. The van der Waals surface area contributed by atoms with Crippen molar-refractivity contribution >= 4 is 11.8 Å². The first-order valence-corrected chi connectivity index (χ1v) is 8.89. The lowest BCUT2D eigenvalue weighted by Crippen LogP contribution is -2.59. The molecular formula is C19H25N5O3. The molecule has 0 radical (unpaired) electrons. The topological polar surface area (TPSA) is 79.7 Å². The van der Waals surface area contributed by atoms with Crippen LogP contribution in [0, 0.1) is 0 Å². The van der Waals surface area contributed by atoms with Gasteiger partial charge in [0, 0.05) is 50.2 Å². The first-order valence-electron chi connectivity index (χ1n) is 8.89. The number of piperazine rings is 1. The highest BCUT2D eigenvalue weighted by Crippen LogP contribution is 2.23. The maximum Gasteiger partial charge on any atom is 0.254 e. The summed E-state index contributed by atoms with van der Waals surface area (Å²) in [6, 6.07) is 6.70. The van der Waals surface area contributed by atoms with Gasteiger partial charge in [-0.25, -0.2) is 0 Å². The van der Waals surface area contributed by atoms with Gasteiger partial charge in [-0.15, -0.1) is 0 Å². The number of hydrogen-bond donors (Lipinski definition) is 1. The van der Waals surface area contributed by atoms with Crippen molar-refractivity contribution in [3.8, 4) is 5.75 Å². The molecule has 1 aliphatic heterocycles. The van der Waals surface area contributed by atoms with E-state index < -0.39 is 6.04 Å². The molecule has 0 saturated carbocycles. The molecule has 1 saturated heterocycles. The molecule has 2 heterocycles. The lowest BCUT2D eigenvalue weighted by Gasteiger charge is -2.39. The molecule has 27 heavy (non-hydrogen) atoms. The Morgan fingerprint density at radius 1 is 1.33 bits per heavy atom. The molecule has 144 valence electrons. The minimum absolute atomic E-state index is 0.152. The first kappa shape index (κ1) is 18.9. The lowest BCUT2D eigenvalue weighted by atomic mass is 10.1.